The second-order valence-corrected chi connectivity index (χ2v) is 10.7. The third-order valence-corrected chi connectivity index (χ3v) is 8.20. The van der Waals surface area contributed by atoms with E-state index in [0.29, 0.717) is 5.56 Å². The van der Waals surface area contributed by atoms with Crippen LogP contribution < -0.4 is 0 Å². The van der Waals surface area contributed by atoms with Gasteiger partial charge in [0.1, 0.15) is 0 Å². The highest BCUT2D eigenvalue weighted by Gasteiger charge is 2.33. The van der Waals surface area contributed by atoms with Gasteiger partial charge in [-0.1, -0.05) is 72.8 Å². The summed E-state index contributed by atoms with van der Waals surface area (Å²) in [5, 5.41) is -2.57. The molecule has 0 aromatic heterocycles. The van der Waals surface area contributed by atoms with E-state index in [9.17, 15) is 39.5 Å². The Kier molecular flexibility index (Phi) is 7.15. The van der Waals surface area contributed by atoms with Gasteiger partial charge in [-0.15, -0.1) is 0 Å². The van der Waals surface area contributed by atoms with Gasteiger partial charge in [-0.3, -0.25) is 0 Å². The minimum Gasteiger partial charge on any atom is -0.203 e. The van der Waals surface area contributed by atoms with Gasteiger partial charge in [0.25, 0.3) is 0 Å². The maximum Gasteiger partial charge on any atom is 0.200 e. The van der Waals surface area contributed by atoms with Crippen LogP contribution in [0.1, 0.15) is 0 Å². The van der Waals surface area contributed by atoms with E-state index in [4.69, 9.17) is 0 Å². The van der Waals surface area contributed by atoms with Crippen LogP contribution in [0, 0.1) is 69.8 Å². The van der Waals surface area contributed by atoms with Crippen molar-refractivity contribution in [1.29, 1.82) is 0 Å². The molecule has 7 aromatic carbocycles. The summed E-state index contributed by atoms with van der Waals surface area (Å²) in [5.41, 5.74) is -2.39. The SMILES string of the molecule is Fc1c(F)c(F)c(-c2ccc(-c3c4ccccc4c(-c4c(F)c(F)c(F)c5c(F)c(F)c(F)c(F)c45)c4ccccc34)cc2)c(F)c1F. The number of benzene rings is 7. The zero-order valence-electron chi connectivity index (χ0n) is 23.5. The van der Waals surface area contributed by atoms with Gasteiger partial charge in [0.15, 0.2) is 64.0 Å². The first kappa shape index (κ1) is 31.1. The van der Waals surface area contributed by atoms with Crippen LogP contribution in [0.2, 0.25) is 0 Å². The van der Waals surface area contributed by atoms with Crippen LogP contribution in [0.15, 0.2) is 72.8 Å². The molecule has 0 amide bonds. The number of hydrogen-bond acceptors (Lipinski definition) is 0. The predicted octanol–water partition coefficient (Wildman–Crippen LogP) is 11.8. The van der Waals surface area contributed by atoms with Gasteiger partial charge in [0.05, 0.1) is 10.9 Å². The fourth-order valence-corrected chi connectivity index (χ4v) is 6.10. The first-order valence-corrected chi connectivity index (χ1v) is 13.7. The lowest BCUT2D eigenvalue weighted by Gasteiger charge is -2.20. The summed E-state index contributed by atoms with van der Waals surface area (Å²) < 4.78 is 175. The average Bonchev–Trinajstić information content (AvgIpc) is 3.10. The molecule has 0 atom stereocenters. The summed E-state index contributed by atoms with van der Waals surface area (Å²) in [7, 11) is 0. The summed E-state index contributed by atoms with van der Waals surface area (Å²) >= 11 is 0. The Morgan fingerprint density at radius 3 is 0.958 bits per heavy atom. The summed E-state index contributed by atoms with van der Waals surface area (Å²) in [6.07, 6.45) is 0. The summed E-state index contributed by atoms with van der Waals surface area (Å²) in [6.45, 7) is 0. The molecule has 0 spiro atoms. The smallest absolute Gasteiger partial charge is 0.200 e. The van der Waals surface area contributed by atoms with Gasteiger partial charge in [-0.25, -0.2) is 52.7 Å². The van der Waals surface area contributed by atoms with Gasteiger partial charge in [0.2, 0.25) is 5.82 Å². The molecule has 0 fully saturated rings. The Morgan fingerprint density at radius 2 is 0.521 bits per heavy atom. The molecule has 0 aliphatic carbocycles. The maximum absolute atomic E-state index is 15.8. The van der Waals surface area contributed by atoms with Gasteiger partial charge in [-0.05, 0) is 38.2 Å². The molecular weight excluding hydrogens is 660 g/mol. The fraction of sp³-hybridized carbons (Fsp3) is 0. The molecule has 0 aliphatic rings. The van der Waals surface area contributed by atoms with E-state index in [1.807, 2.05) is 0 Å². The molecule has 0 nitrogen and oxygen atoms in total. The predicted molar refractivity (Wildman–Crippen MR) is 155 cm³/mol. The molecule has 0 unspecified atom stereocenters. The minimum absolute atomic E-state index is 0.0193. The van der Waals surface area contributed by atoms with Crippen molar-refractivity contribution in [3.63, 3.8) is 0 Å². The molecule has 0 bridgehead atoms. The van der Waals surface area contributed by atoms with Crippen molar-refractivity contribution < 1.29 is 52.7 Å². The Hall–Kier alpha value is -5.52. The van der Waals surface area contributed by atoms with Crippen molar-refractivity contribution in [1.82, 2.24) is 0 Å². The minimum atomic E-state index is -2.43. The molecule has 7 rings (SSSR count). The third-order valence-electron chi connectivity index (χ3n) is 8.20. The van der Waals surface area contributed by atoms with E-state index in [-0.39, 0.29) is 38.2 Å². The maximum atomic E-state index is 15.8. The second kappa shape index (κ2) is 11.0. The van der Waals surface area contributed by atoms with Crippen molar-refractivity contribution >= 4 is 32.3 Å². The van der Waals surface area contributed by atoms with Crippen molar-refractivity contribution in [2.24, 2.45) is 0 Å². The number of rotatable bonds is 3. The molecule has 0 heterocycles. The van der Waals surface area contributed by atoms with E-state index in [1.54, 1.807) is 0 Å². The van der Waals surface area contributed by atoms with Crippen LogP contribution in [-0.4, -0.2) is 0 Å². The van der Waals surface area contributed by atoms with Crippen molar-refractivity contribution in [3.05, 3.63) is 143 Å². The molecule has 12 heteroatoms. The van der Waals surface area contributed by atoms with Gasteiger partial charge in [0, 0.05) is 16.5 Å². The standard InChI is InChI=1S/C36H12F12/c37-25-20(26(38)33(45)36(48)32(25)44)14-11-9-13(10-12-14)19-15-5-1-3-7-17(15)21(18-8-4-2-6-16(18)19)22-23-24(29(41)31(43)27(22)39)30(42)35(47)34(46)28(23)40/h1-12H. The van der Waals surface area contributed by atoms with Crippen LogP contribution in [0.5, 0.6) is 0 Å². The Balaban J connectivity index is 1.58. The molecule has 0 N–H and O–H groups in total. The van der Waals surface area contributed by atoms with Crippen LogP contribution >= 0.6 is 0 Å². The Labute approximate surface area is 261 Å². The Morgan fingerprint density at radius 1 is 0.229 bits per heavy atom. The number of fused-ring (bicyclic) bond motifs is 3. The molecule has 7 aromatic rings. The topological polar surface area (TPSA) is 0 Å². The zero-order chi connectivity index (χ0) is 34.3. The lowest BCUT2D eigenvalue weighted by atomic mass is 9.84. The van der Waals surface area contributed by atoms with Gasteiger partial charge in [-0.2, -0.15) is 0 Å². The highest BCUT2D eigenvalue weighted by molar-refractivity contribution is 6.23. The second-order valence-electron chi connectivity index (χ2n) is 10.7. The van der Waals surface area contributed by atoms with E-state index >= 15 is 13.2 Å². The zero-order valence-corrected chi connectivity index (χ0v) is 23.5. The van der Waals surface area contributed by atoms with Gasteiger partial charge >= 0.3 is 0 Å². The molecule has 48 heavy (non-hydrogen) atoms. The van der Waals surface area contributed by atoms with E-state index in [2.05, 4.69) is 0 Å². The first-order chi connectivity index (χ1) is 22.9. The number of hydrogen-bond donors (Lipinski definition) is 0. The third kappa shape index (κ3) is 4.21. The molecule has 240 valence electrons. The van der Waals surface area contributed by atoms with E-state index in [0.717, 1.165) is 12.1 Å². The van der Waals surface area contributed by atoms with Crippen molar-refractivity contribution in [3.8, 4) is 33.4 Å². The lowest BCUT2D eigenvalue weighted by Crippen LogP contribution is -2.06. The van der Waals surface area contributed by atoms with Crippen LogP contribution in [0.3, 0.4) is 0 Å². The summed E-state index contributed by atoms with van der Waals surface area (Å²) in [5.74, 6) is -26.6. The van der Waals surface area contributed by atoms with Crippen molar-refractivity contribution in [2.45, 2.75) is 0 Å². The molecular formula is C36H12F12. The van der Waals surface area contributed by atoms with E-state index in [1.165, 1.54) is 60.7 Å². The quantitative estimate of drug-likeness (QED) is 0.0759. The van der Waals surface area contributed by atoms with Crippen LogP contribution in [0.4, 0.5) is 52.7 Å². The first-order valence-electron chi connectivity index (χ1n) is 13.7. The van der Waals surface area contributed by atoms with Gasteiger partial charge < -0.3 is 0 Å². The lowest BCUT2D eigenvalue weighted by molar-refractivity contribution is 0.381. The average molecular weight is 672 g/mol. The summed E-state index contributed by atoms with van der Waals surface area (Å²) in [4.78, 5) is 0. The molecule has 0 saturated carbocycles. The van der Waals surface area contributed by atoms with Crippen LogP contribution in [-0.2, 0) is 0 Å². The number of halogens is 12. The molecule has 0 saturated heterocycles. The molecule has 0 radical (unpaired) electrons. The largest absolute Gasteiger partial charge is 0.203 e. The van der Waals surface area contributed by atoms with E-state index < -0.39 is 91.7 Å². The fourth-order valence-electron chi connectivity index (χ4n) is 6.10. The highest BCUT2D eigenvalue weighted by atomic mass is 19.2. The molecule has 0 aliphatic heterocycles. The Bertz CT molecular complexity index is 2430. The highest BCUT2D eigenvalue weighted by Crippen LogP contribution is 2.48. The monoisotopic (exact) mass is 672 g/mol. The van der Waals surface area contributed by atoms with Crippen molar-refractivity contribution in [2.75, 3.05) is 0 Å². The van der Waals surface area contributed by atoms with Crippen LogP contribution in [0.25, 0.3) is 65.7 Å². The normalized spacial score (nSPS) is 11.8. The summed E-state index contributed by atoms with van der Waals surface area (Å²) in [6, 6.07) is 16.4.